The molecule has 8 heteroatoms. The number of likely N-dealkylation sites (tertiary alicyclic amines) is 1. The van der Waals surface area contributed by atoms with Gasteiger partial charge in [0.2, 0.25) is 0 Å². The third-order valence-electron chi connectivity index (χ3n) is 4.80. The summed E-state index contributed by atoms with van der Waals surface area (Å²) in [5.41, 5.74) is -0.127. The molecule has 0 aliphatic carbocycles. The summed E-state index contributed by atoms with van der Waals surface area (Å²) in [6.45, 7) is 12.2. The van der Waals surface area contributed by atoms with Gasteiger partial charge in [-0.2, -0.15) is 0 Å². The van der Waals surface area contributed by atoms with Crippen LogP contribution in [0.4, 0.5) is 0 Å². The largest absolute Gasteiger partial charge is 0.357 e. The first kappa shape index (κ1) is 26.9. The van der Waals surface area contributed by atoms with E-state index >= 15 is 0 Å². The summed E-state index contributed by atoms with van der Waals surface area (Å²) in [4.78, 5) is 7.25. The summed E-state index contributed by atoms with van der Waals surface area (Å²) in [7, 11) is -2.92. The Labute approximate surface area is 184 Å². The van der Waals surface area contributed by atoms with E-state index < -0.39 is 9.84 Å². The Hall–Kier alpha value is -0.0900. The van der Waals surface area contributed by atoms with E-state index in [0.29, 0.717) is 13.0 Å². The molecule has 1 aliphatic rings. The molecule has 0 radical (unpaired) electrons. The molecule has 6 nitrogen and oxygen atoms in total. The third-order valence-corrected chi connectivity index (χ3v) is 5.75. The third kappa shape index (κ3) is 14.5. The van der Waals surface area contributed by atoms with Crippen LogP contribution in [-0.4, -0.2) is 70.6 Å². The van der Waals surface area contributed by atoms with Crippen LogP contribution < -0.4 is 10.6 Å². The van der Waals surface area contributed by atoms with E-state index in [1.54, 1.807) is 0 Å². The minimum Gasteiger partial charge on any atom is -0.357 e. The molecule has 1 rings (SSSR count). The average molecular weight is 517 g/mol. The van der Waals surface area contributed by atoms with E-state index in [-0.39, 0.29) is 35.1 Å². The van der Waals surface area contributed by atoms with Crippen LogP contribution in [0, 0.1) is 5.41 Å². The molecule has 1 fully saturated rings. The summed E-state index contributed by atoms with van der Waals surface area (Å²) >= 11 is 0. The molecule has 2 N–H and O–H groups in total. The van der Waals surface area contributed by atoms with Crippen LogP contribution >= 0.6 is 24.0 Å². The lowest BCUT2D eigenvalue weighted by molar-refractivity contribution is 0.282. The quantitative estimate of drug-likeness (QED) is 0.202. The van der Waals surface area contributed by atoms with Crippen LogP contribution in [0.1, 0.15) is 59.3 Å². The van der Waals surface area contributed by atoms with Gasteiger partial charge in [-0.15, -0.1) is 24.0 Å². The molecule has 27 heavy (non-hydrogen) atoms. The van der Waals surface area contributed by atoms with Crippen LogP contribution in [0.15, 0.2) is 4.99 Å². The zero-order chi connectivity index (χ0) is 19.5. The fourth-order valence-electron chi connectivity index (χ4n) is 3.04. The number of halogens is 1. The summed E-state index contributed by atoms with van der Waals surface area (Å²) < 4.78 is 22.8. The van der Waals surface area contributed by atoms with Crippen LogP contribution in [-0.2, 0) is 9.84 Å². The molecule has 0 aromatic heterocycles. The SMILES string of the molecule is CCNC(=NCC(C)(C)CCS(C)(=O)=O)NCCCN1CCCCCC1.I. The smallest absolute Gasteiger partial charge is 0.191 e. The second-order valence-electron chi connectivity index (χ2n) is 8.28. The molecule has 162 valence electrons. The fourth-order valence-corrected chi connectivity index (χ4v) is 3.97. The lowest BCUT2D eigenvalue weighted by Crippen LogP contribution is -2.39. The van der Waals surface area contributed by atoms with Crippen molar-refractivity contribution < 1.29 is 8.42 Å². The first-order valence-electron chi connectivity index (χ1n) is 10.1. The molecular formula is C19H41IN4O2S. The predicted octanol–water partition coefficient (Wildman–Crippen LogP) is 2.89. The average Bonchev–Trinajstić information content (AvgIpc) is 2.83. The molecule has 0 spiro atoms. The summed E-state index contributed by atoms with van der Waals surface area (Å²) in [6.07, 6.45) is 8.45. The van der Waals surface area contributed by atoms with Gasteiger partial charge in [0, 0.05) is 25.9 Å². The van der Waals surface area contributed by atoms with Crippen molar-refractivity contribution in [1.29, 1.82) is 0 Å². The molecule has 0 amide bonds. The monoisotopic (exact) mass is 516 g/mol. The predicted molar refractivity (Wildman–Crippen MR) is 127 cm³/mol. The van der Waals surface area contributed by atoms with Gasteiger partial charge in [0.15, 0.2) is 5.96 Å². The maximum absolute atomic E-state index is 11.4. The Morgan fingerprint density at radius 1 is 1.11 bits per heavy atom. The Kier molecular flexibility index (Phi) is 13.9. The summed E-state index contributed by atoms with van der Waals surface area (Å²) in [6, 6.07) is 0. The number of rotatable bonds is 10. The van der Waals surface area contributed by atoms with E-state index in [9.17, 15) is 8.42 Å². The molecule has 0 atom stereocenters. The first-order chi connectivity index (χ1) is 12.2. The Bertz CT molecular complexity index is 516. The molecule has 0 unspecified atom stereocenters. The number of hydrogen-bond acceptors (Lipinski definition) is 4. The number of nitrogens with zero attached hydrogens (tertiary/aromatic N) is 2. The number of guanidine groups is 1. The van der Waals surface area contributed by atoms with Gasteiger partial charge in [-0.25, -0.2) is 8.42 Å². The lowest BCUT2D eigenvalue weighted by atomic mass is 9.90. The van der Waals surface area contributed by atoms with Crippen molar-refractivity contribution in [3.8, 4) is 0 Å². The van der Waals surface area contributed by atoms with Gasteiger partial charge in [-0.05, 0) is 57.7 Å². The highest BCUT2D eigenvalue weighted by atomic mass is 127. The molecule has 1 aliphatic heterocycles. The number of nitrogens with one attached hydrogen (secondary N) is 2. The number of hydrogen-bond donors (Lipinski definition) is 2. The topological polar surface area (TPSA) is 73.8 Å². The molecule has 0 bridgehead atoms. The van der Waals surface area contributed by atoms with Gasteiger partial charge in [0.05, 0.1) is 5.75 Å². The zero-order valence-electron chi connectivity index (χ0n) is 17.7. The fraction of sp³-hybridized carbons (Fsp3) is 0.947. The maximum atomic E-state index is 11.4. The molecule has 0 aromatic rings. The second kappa shape index (κ2) is 14.0. The standard InChI is InChI=1S/C19H40N4O2S.HI/c1-5-20-18(22-17-19(2,3)11-16-26(4,24)25)21-12-10-15-23-13-8-6-7-9-14-23;/h5-17H2,1-4H3,(H2,20,21,22);1H. The van der Waals surface area contributed by atoms with Crippen molar-refractivity contribution in [1.82, 2.24) is 15.5 Å². The summed E-state index contributed by atoms with van der Waals surface area (Å²) in [5, 5.41) is 6.70. The number of sulfone groups is 1. The van der Waals surface area contributed by atoms with E-state index in [4.69, 9.17) is 0 Å². The van der Waals surface area contributed by atoms with Crippen molar-refractivity contribution in [3.05, 3.63) is 0 Å². The molecular weight excluding hydrogens is 475 g/mol. The molecule has 1 saturated heterocycles. The Morgan fingerprint density at radius 2 is 1.74 bits per heavy atom. The number of aliphatic imine (C=N–C) groups is 1. The lowest BCUT2D eigenvalue weighted by Gasteiger charge is -2.23. The maximum Gasteiger partial charge on any atom is 0.191 e. The van der Waals surface area contributed by atoms with Gasteiger partial charge in [0.25, 0.3) is 0 Å². The van der Waals surface area contributed by atoms with Crippen molar-refractivity contribution >= 4 is 39.8 Å². The van der Waals surface area contributed by atoms with Crippen LogP contribution in [0.25, 0.3) is 0 Å². The van der Waals surface area contributed by atoms with Crippen LogP contribution in [0.3, 0.4) is 0 Å². The second-order valence-corrected chi connectivity index (χ2v) is 10.5. The van der Waals surface area contributed by atoms with Gasteiger partial charge < -0.3 is 15.5 Å². The van der Waals surface area contributed by atoms with Crippen molar-refractivity contribution in [3.63, 3.8) is 0 Å². The minimum absolute atomic E-state index is 0. The molecule has 0 saturated carbocycles. The van der Waals surface area contributed by atoms with Crippen LogP contribution in [0.2, 0.25) is 0 Å². The van der Waals surface area contributed by atoms with Gasteiger partial charge >= 0.3 is 0 Å². The Morgan fingerprint density at radius 3 is 2.30 bits per heavy atom. The van der Waals surface area contributed by atoms with Gasteiger partial charge in [-0.3, -0.25) is 4.99 Å². The Balaban J connectivity index is 0.00000676. The van der Waals surface area contributed by atoms with Gasteiger partial charge in [0.1, 0.15) is 9.84 Å². The highest BCUT2D eigenvalue weighted by Crippen LogP contribution is 2.21. The minimum atomic E-state index is -2.92. The van der Waals surface area contributed by atoms with Crippen molar-refractivity contribution in [2.45, 2.75) is 59.3 Å². The molecule has 0 aromatic carbocycles. The van der Waals surface area contributed by atoms with Crippen LogP contribution in [0.5, 0.6) is 0 Å². The summed E-state index contributed by atoms with van der Waals surface area (Å²) in [5.74, 6) is 1.05. The van der Waals surface area contributed by atoms with E-state index in [0.717, 1.165) is 32.0 Å². The molecule has 1 heterocycles. The first-order valence-corrected chi connectivity index (χ1v) is 12.2. The highest BCUT2D eigenvalue weighted by Gasteiger charge is 2.20. The zero-order valence-corrected chi connectivity index (χ0v) is 20.9. The van der Waals surface area contributed by atoms with Gasteiger partial charge in [-0.1, -0.05) is 26.7 Å². The van der Waals surface area contributed by atoms with Crippen molar-refractivity contribution in [2.75, 3.05) is 51.3 Å². The van der Waals surface area contributed by atoms with E-state index in [2.05, 4.69) is 41.3 Å². The van der Waals surface area contributed by atoms with E-state index in [1.165, 1.54) is 45.0 Å². The van der Waals surface area contributed by atoms with E-state index in [1.807, 2.05) is 0 Å². The normalized spacial score (nSPS) is 17.1. The van der Waals surface area contributed by atoms with Crippen molar-refractivity contribution in [2.24, 2.45) is 10.4 Å². The highest BCUT2D eigenvalue weighted by molar-refractivity contribution is 14.0.